The van der Waals surface area contributed by atoms with Crippen molar-refractivity contribution in [3.8, 4) is 5.75 Å². The Labute approximate surface area is 121 Å². The fraction of sp³-hybridized carbons (Fsp3) is 0.357. The van der Waals surface area contributed by atoms with Crippen molar-refractivity contribution in [3.05, 3.63) is 29.3 Å². The number of aromatic hydroxyl groups is 1. The van der Waals surface area contributed by atoms with E-state index < -0.39 is 12.0 Å². The van der Waals surface area contributed by atoms with Crippen molar-refractivity contribution in [2.45, 2.75) is 13.0 Å². The van der Waals surface area contributed by atoms with E-state index in [1.54, 1.807) is 0 Å². The number of hydrogen-bond acceptors (Lipinski definition) is 5. The number of ketones is 1. The highest BCUT2D eigenvalue weighted by molar-refractivity contribution is 6.00. The van der Waals surface area contributed by atoms with Gasteiger partial charge in [0.25, 0.3) is 5.91 Å². The zero-order valence-corrected chi connectivity index (χ0v) is 11.5. The number of nitrogens with zero attached hydrogens (tertiary/aromatic N) is 1. The van der Waals surface area contributed by atoms with Gasteiger partial charge >= 0.3 is 0 Å². The van der Waals surface area contributed by atoms with Crippen molar-refractivity contribution in [1.29, 1.82) is 0 Å². The largest absolute Gasteiger partial charge is 0.507 e. The predicted octanol–water partition coefficient (Wildman–Crippen LogP) is -0.0789. The summed E-state index contributed by atoms with van der Waals surface area (Å²) < 4.78 is 5.17. The van der Waals surface area contributed by atoms with Gasteiger partial charge in [0.15, 0.2) is 11.9 Å². The molecule has 1 aliphatic rings. The minimum Gasteiger partial charge on any atom is -0.507 e. The van der Waals surface area contributed by atoms with E-state index in [0.29, 0.717) is 6.54 Å². The Morgan fingerprint density at radius 2 is 2.10 bits per heavy atom. The normalized spacial score (nSPS) is 18.3. The number of carbonyl (C=O) groups excluding carboxylic acids is 3. The highest BCUT2D eigenvalue weighted by atomic mass is 16.5. The van der Waals surface area contributed by atoms with Crippen molar-refractivity contribution in [1.82, 2.24) is 4.90 Å². The van der Waals surface area contributed by atoms with Crippen molar-refractivity contribution < 1.29 is 24.2 Å². The first-order valence-corrected chi connectivity index (χ1v) is 6.44. The van der Waals surface area contributed by atoms with E-state index in [0.717, 1.165) is 0 Å². The standard InChI is InChI=1S/C14H16N2O5/c1-8(17)10-3-2-9(6-11(10)18)14(20)16-4-5-21-12(7-16)13(15)19/h2-3,6,12,18H,4-5,7H2,1H3,(H2,15,19)/t12-/m1/s1. The van der Waals surface area contributed by atoms with Gasteiger partial charge in [-0.3, -0.25) is 14.4 Å². The van der Waals surface area contributed by atoms with Gasteiger partial charge in [0.1, 0.15) is 5.75 Å². The molecule has 1 fully saturated rings. The summed E-state index contributed by atoms with van der Waals surface area (Å²) in [6.45, 7) is 1.95. The second-order valence-corrected chi connectivity index (χ2v) is 4.80. The van der Waals surface area contributed by atoms with Gasteiger partial charge in [-0.25, -0.2) is 0 Å². The summed E-state index contributed by atoms with van der Waals surface area (Å²) >= 11 is 0. The summed E-state index contributed by atoms with van der Waals surface area (Å²) in [7, 11) is 0. The SMILES string of the molecule is CC(=O)c1ccc(C(=O)N2CCO[C@@H](C(N)=O)C2)cc1O. The van der Waals surface area contributed by atoms with Crippen LogP contribution in [-0.2, 0) is 9.53 Å². The van der Waals surface area contributed by atoms with Crippen molar-refractivity contribution >= 4 is 17.6 Å². The number of carbonyl (C=O) groups is 3. The Kier molecular flexibility index (Phi) is 4.23. The van der Waals surface area contributed by atoms with Gasteiger partial charge in [-0.15, -0.1) is 0 Å². The molecule has 2 rings (SSSR count). The quantitative estimate of drug-likeness (QED) is 0.757. The summed E-state index contributed by atoms with van der Waals surface area (Å²) in [4.78, 5) is 36.1. The van der Waals surface area contributed by atoms with Crippen molar-refractivity contribution in [2.75, 3.05) is 19.7 Å². The molecule has 1 aromatic rings. The Morgan fingerprint density at radius 3 is 2.67 bits per heavy atom. The van der Waals surface area contributed by atoms with Crippen LogP contribution >= 0.6 is 0 Å². The molecule has 7 nitrogen and oxygen atoms in total. The summed E-state index contributed by atoms with van der Waals surface area (Å²) in [5.41, 5.74) is 5.56. The Hall–Kier alpha value is -2.41. The molecule has 0 aliphatic carbocycles. The average molecular weight is 292 g/mol. The number of primary amides is 1. The minimum absolute atomic E-state index is 0.0728. The zero-order chi connectivity index (χ0) is 15.6. The molecule has 1 aromatic carbocycles. The number of rotatable bonds is 3. The average Bonchev–Trinajstić information content (AvgIpc) is 2.46. The Morgan fingerprint density at radius 1 is 1.38 bits per heavy atom. The van der Waals surface area contributed by atoms with Gasteiger partial charge in [-0.05, 0) is 25.1 Å². The fourth-order valence-electron chi connectivity index (χ4n) is 2.15. The fourth-order valence-corrected chi connectivity index (χ4v) is 2.15. The molecule has 0 aromatic heterocycles. The molecular weight excluding hydrogens is 276 g/mol. The first kappa shape index (κ1) is 15.0. The van der Waals surface area contributed by atoms with Crippen LogP contribution in [0, 0.1) is 0 Å². The Balaban J connectivity index is 2.18. The Bertz CT molecular complexity index is 599. The monoisotopic (exact) mass is 292 g/mol. The van der Waals surface area contributed by atoms with Crippen LogP contribution in [-0.4, -0.2) is 53.4 Å². The summed E-state index contributed by atoms with van der Waals surface area (Å²) in [6.07, 6.45) is -0.826. The van der Waals surface area contributed by atoms with E-state index in [1.165, 1.54) is 30.0 Å². The number of hydrogen-bond donors (Lipinski definition) is 2. The lowest BCUT2D eigenvalue weighted by molar-refractivity contribution is -0.133. The molecule has 112 valence electrons. The molecule has 7 heteroatoms. The van der Waals surface area contributed by atoms with E-state index in [2.05, 4.69) is 0 Å². The number of phenols is 1. The molecule has 21 heavy (non-hydrogen) atoms. The lowest BCUT2D eigenvalue weighted by atomic mass is 10.1. The molecule has 1 saturated heterocycles. The minimum atomic E-state index is -0.826. The van der Waals surface area contributed by atoms with Crippen LogP contribution in [0.4, 0.5) is 0 Å². The number of morpholine rings is 1. The lowest BCUT2D eigenvalue weighted by Gasteiger charge is -2.31. The number of nitrogens with two attached hydrogens (primary N) is 1. The van der Waals surface area contributed by atoms with Crippen LogP contribution in [0.15, 0.2) is 18.2 Å². The van der Waals surface area contributed by atoms with E-state index in [4.69, 9.17) is 10.5 Å². The van der Waals surface area contributed by atoms with E-state index in [9.17, 15) is 19.5 Å². The molecular formula is C14H16N2O5. The lowest BCUT2D eigenvalue weighted by Crippen LogP contribution is -2.50. The van der Waals surface area contributed by atoms with Crippen molar-refractivity contribution in [2.24, 2.45) is 5.73 Å². The second kappa shape index (κ2) is 5.92. The third-order valence-electron chi connectivity index (χ3n) is 3.29. The highest BCUT2D eigenvalue weighted by Crippen LogP contribution is 2.21. The van der Waals surface area contributed by atoms with Gasteiger partial charge in [-0.2, -0.15) is 0 Å². The van der Waals surface area contributed by atoms with Crippen LogP contribution in [0.25, 0.3) is 0 Å². The smallest absolute Gasteiger partial charge is 0.254 e. The van der Waals surface area contributed by atoms with Crippen LogP contribution < -0.4 is 5.73 Å². The number of benzene rings is 1. The number of phenolic OH excluding ortho intramolecular Hbond substituents is 1. The van der Waals surface area contributed by atoms with Crippen molar-refractivity contribution in [3.63, 3.8) is 0 Å². The molecule has 1 heterocycles. The van der Waals surface area contributed by atoms with E-state index >= 15 is 0 Å². The maximum absolute atomic E-state index is 12.3. The maximum atomic E-state index is 12.3. The first-order chi connectivity index (χ1) is 9.90. The molecule has 0 radical (unpaired) electrons. The maximum Gasteiger partial charge on any atom is 0.254 e. The van der Waals surface area contributed by atoms with Crippen LogP contribution in [0.3, 0.4) is 0 Å². The zero-order valence-electron chi connectivity index (χ0n) is 11.5. The summed E-state index contributed by atoms with van der Waals surface area (Å²) in [5.74, 6) is -1.50. The topological polar surface area (TPSA) is 110 Å². The first-order valence-electron chi connectivity index (χ1n) is 6.44. The van der Waals surface area contributed by atoms with Gasteiger partial charge in [0.05, 0.1) is 18.7 Å². The number of Topliss-reactive ketones (excluding diaryl/α,β-unsaturated/α-hetero) is 1. The molecule has 0 saturated carbocycles. The molecule has 1 aliphatic heterocycles. The summed E-state index contributed by atoms with van der Waals surface area (Å²) in [6, 6.07) is 4.11. The predicted molar refractivity (Wildman–Crippen MR) is 72.9 cm³/mol. The van der Waals surface area contributed by atoms with Crippen LogP contribution in [0.1, 0.15) is 27.6 Å². The van der Waals surface area contributed by atoms with Gasteiger partial charge in [-0.1, -0.05) is 0 Å². The van der Waals surface area contributed by atoms with E-state index in [1.807, 2.05) is 0 Å². The molecule has 0 bridgehead atoms. The van der Waals surface area contributed by atoms with Crippen LogP contribution in [0.5, 0.6) is 5.75 Å². The van der Waals surface area contributed by atoms with Crippen LogP contribution in [0.2, 0.25) is 0 Å². The third kappa shape index (κ3) is 3.19. The number of ether oxygens (including phenoxy) is 1. The molecule has 3 N–H and O–H groups in total. The van der Waals surface area contributed by atoms with Gasteiger partial charge in [0, 0.05) is 12.1 Å². The summed E-state index contributed by atoms with van der Waals surface area (Å²) in [5, 5.41) is 9.76. The van der Waals surface area contributed by atoms with Gasteiger partial charge in [0.2, 0.25) is 5.91 Å². The molecule has 1 atom stereocenters. The number of amides is 2. The highest BCUT2D eigenvalue weighted by Gasteiger charge is 2.28. The molecule has 0 spiro atoms. The van der Waals surface area contributed by atoms with Gasteiger partial charge < -0.3 is 20.5 Å². The third-order valence-corrected chi connectivity index (χ3v) is 3.29. The molecule has 0 unspecified atom stereocenters. The molecule has 2 amide bonds. The second-order valence-electron chi connectivity index (χ2n) is 4.80. The van der Waals surface area contributed by atoms with E-state index in [-0.39, 0.29) is 41.7 Å².